The molecule has 0 unspecified atom stereocenters. The third-order valence-electron chi connectivity index (χ3n) is 3.09. The molecule has 0 atom stereocenters. The third kappa shape index (κ3) is 3.14. The Morgan fingerprint density at radius 1 is 1.53 bits per heavy atom. The van der Waals surface area contributed by atoms with Crippen molar-refractivity contribution in [1.82, 2.24) is 15.3 Å². The van der Waals surface area contributed by atoms with Crippen LogP contribution < -0.4 is 10.2 Å². The summed E-state index contributed by atoms with van der Waals surface area (Å²) in [4.78, 5) is 10.4. The number of nitriles is 1. The zero-order valence-electron chi connectivity index (χ0n) is 10.1. The van der Waals surface area contributed by atoms with Gasteiger partial charge in [-0.3, -0.25) is 0 Å². The van der Waals surface area contributed by atoms with E-state index in [9.17, 15) is 0 Å². The molecule has 0 bridgehead atoms. The van der Waals surface area contributed by atoms with Gasteiger partial charge in [-0.15, -0.1) is 0 Å². The Labute approximate surface area is 101 Å². The van der Waals surface area contributed by atoms with E-state index in [1.807, 2.05) is 18.0 Å². The lowest BCUT2D eigenvalue weighted by Gasteiger charge is -2.27. The quantitative estimate of drug-likeness (QED) is 0.833. The molecule has 0 saturated carbocycles. The molecule has 0 aliphatic carbocycles. The van der Waals surface area contributed by atoms with Crippen molar-refractivity contribution in [3.8, 4) is 6.07 Å². The van der Waals surface area contributed by atoms with Crippen molar-refractivity contribution in [3.63, 3.8) is 0 Å². The summed E-state index contributed by atoms with van der Waals surface area (Å²) in [5, 5.41) is 12.2. The molecular weight excluding hydrogens is 214 g/mol. The summed E-state index contributed by atoms with van der Waals surface area (Å²) in [6.07, 6.45) is 4.03. The fourth-order valence-electron chi connectivity index (χ4n) is 2.13. The Bertz CT molecular complexity index is 406. The highest BCUT2D eigenvalue weighted by molar-refractivity contribution is 5.32. The highest BCUT2D eigenvalue weighted by atomic mass is 15.2. The third-order valence-corrected chi connectivity index (χ3v) is 3.09. The minimum absolute atomic E-state index is 0.423. The van der Waals surface area contributed by atoms with E-state index in [1.165, 1.54) is 12.8 Å². The number of nitrogens with one attached hydrogen (secondary N) is 1. The van der Waals surface area contributed by atoms with Gasteiger partial charge in [-0.25, -0.2) is 9.97 Å². The summed E-state index contributed by atoms with van der Waals surface area (Å²) >= 11 is 0. The predicted molar refractivity (Wildman–Crippen MR) is 65.6 cm³/mol. The van der Waals surface area contributed by atoms with Gasteiger partial charge >= 0.3 is 0 Å². The summed E-state index contributed by atoms with van der Waals surface area (Å²) in [6, 6.07) is 3.66. The van der Waals surface area contributed by atoms with Crippen LogP contribution in [0.2, 0.25) is 0 Å². The fourth-order valence-corrected chi connectivity index (χ4v) is 2.13. The van der Waals surface area contributed by atoms with Crippen LogP contribution >= 0.6 is 0 Å². The average molecular weight is 231 g/mol. The summed E-state index contributed by atoms with van der Waals surface area (Å²) in [6.45, 7) is 3.14. The van der Waals surface area contributed by atoms with Crippen molar-refractivity contribution in [3.05, 3.63) is 18.0 Å². The van der Waals surface area contributed by atoms with Gasteiger partial charge < -0.3 is 10.2 Å². The highest BCUT2D eigenvalue weighted by Crippen LogP contribution is 2.15. The number of piperidine rings is 1. The average Bonchev–Trinajstić information content (AvgIpc) is 2.40. The largest absolute Gasteiger partial charge is 0.344 e. The molecule has 1 aromatic rings. The Morgan fingerprint density at radius 3 is 3.00 bits per heavy atom. The van der Waals surface area contributed by atoms with E-state index in [0.29, 0.717) is 17.6 Å². The second-order valence-corrected chi connectivity index (χ2v) is 4.43. The van der Waals surface area contributed by atoms with Crippen molar-refractivity contribution >= 4 is 5.95 Å². The number of hydrogen-bond acceptors (Lipinski definition) is 5. The lowest BCUT2D eigenvalue weighted by Crippen LogP contribution is -2.35. The molecule has 0 amide bonds. The van der Waals surface area contributed by atoms with Crippen LogP contribution in [0, 0.1) is 17.2 Å². The maximum absolute atomic E-state index is 8.80. The number of anilines is 1. The van der Waals surface area contributed by atoms with Gasteiger partial charge in [0.1, 0.15) is 11.8 Å². The second-order valence-electron chi connectivity index (χ2n) is 4.43. The van der Waals surface area contributed by atoms with Gasteiger partial charge in [0.05, 0.1) is 0 Å². The smallest absolute Gasteiger partial charge is 0.226 e. The summed E-state index contributed by atoms with van der Waals surface area (Å²) in [5.41, 5.74) is 0.423. The number of rotatable bonds is 3. The van der Waals surface area contributed by atoms with Crippen molar-refractivity contribution in [1.29, 1.82) is 5.26 Å². The molecule has 1 saturated heterocycles. The van der Waals surface area contributed by atoms with E-state index in [1.54, 1.807) is 12.3 Å². The Hall–Kier alpha value is -1.67. The van der Waals surface area contributed by atoms with E-state index in [4.69, 9.17) is 5.26 Å². The lowest BCUT2D eigenvalue weighted by atomic mass is 9.98. The van der Waals surface area contributed by atoms with Crippen molar-refractivity contribution in [2.75, 3.05) is 31.6 Å². The van der Waals surface area contributed by atoms with Crippen molar-refractivity contribution in [2.45, 2.75) is 12.8 Å². The molecule has 2 rings (SSSR count). The van der Waals surface area contributed by atoms with Gasteiger partial charge in [0.25, 0.3) is 0 Å². The predicted octanol–water partition coefficient (Wildman–Crippen LogP) is 0.784. The van der Waals surface area contributed by atoms with Crippen LogP contribution in [0.1, 0.15) is 18.5 Å². The van der Waals surface area contributed by atoms with Crippen LogP contribution in [-0.2, 0) is 0 Å². The Kier molecular flexibility index (Phi) is 3.89. The number of hydrogen-bond donors (Lipinski definition) is 1. The molecule has 0 radical (unpaired) electrons. The molecule has 5 nitrogen and oxygen atoms in total. The molecule has 1 aromatic heterocycles. The lowest BCUT2D eigenvalue weighted by molar-refractivity contribution is 0.376. The highest BCUT2D eigenvalue weighted by Gasteiger charge is 2.16. The molecule has 90 valence electrons. The summed E-state index contributed by atoms with van der Waals surface area (Å²) < 4.78 is 0. The fraction of sp³-hybridized carbons (Fsp3) is 0.583. The van der Waals surface area contributed by atoms with Crippen molar-refractivity contribution < 1.29 is 0 Å². The maximum Gasteiger partial charge on any atom is 0.226 e. The zero-order chi connectivity index (χ0) is 12.1. The molecule has 0 aromatic carbocycles. The van der Waals surface area contributed by atoms with E-state index < -0.39 is 0 Å². The monoisotopic (exact) mass is 231 g/mol. The molecule has 2 heterocycles. The summed E-state index contributed by atoms with van der Waals surface area (Å²) in [5.74, 6) is 1.33. The van der Waals surface area contributed by atoms with Crippen LogP contribution in [-0.4, -0.2) is 36.6 Å². The first-order valence-electron chi connectivity index (χ1n) is 5.94. The molecule has 0 spiro atoms. The van der Waals surface area contributed by atoms with Crippen LogP contribution in [0.5, 0.6) is 0 Å². The van der Waals surface area contributed by atoms with Crippen molar-refractivity contribution in [2.24, 2.45) is 5.92 Å². The van der Waals surface area contributed by atoms with Gasteiger partial charge in [0.15, 0.2) is 0 Å². The molecular formula is C12H17N5. The first kappa shape index (κ1) is 11.8. The van der Waals surface area contributed by atoms with Gasteiger partial charge in [-0.2, -0.15) is 5.26 Å². The SMILES string of the molecule is CN(CC1CCNCC1)c1nccc(C#N)n1. The first-order valence-corrected chi connectivity index (χ1v) is 5.94. The van der Waals surface area contributed by atoms with E-state index >= 15 is 0 Å². The van der Waals surface area contributed by atoms with Crippen LogP contribution in [0.3, 0.4) is 0 Å². The first-order chi connectivity index (χ1) is 8.29. The summed E-state index contributed by atoms with van der Waals surface area (Å²) in [7, 11) is 1.98. The van der Waals surface area contributed by atoms with E-state index in [-0.39, 0.29) is 0 Å². The minimum atomic E-state index is 0.423. The zero-order valence-corrected chi connectivity index (χ0v) is 10.1. The standard InChI is InChI=1S/C12H17N5/c1-17(9-10-2-5-14-6-3-10)12-15-7-4-11(8-13)16-12/h4,7,10,14H,2-3,5-6,9H2,1H3. The molecule has 1 aliphatic heterocycles. The van der Waals surface area contributed by atoms with Gasteiger partial charge in [-0.05, 0) is 37.9 Å². The normalized spacial score (nSPS) is 16.5. The van der Waals surface area contributed by atoms with E-state index in [0.717, 1.165) is 19.6 Å². The molecule has 5 heteroatoms. The van der Waals surface area contributed by atoms with Crippen LogP contribution in [0.15, 0.2) is 12.3 Å². The van der Waals surface area contributed by atoms with Crippen LogP contribution in [0.25, 0.3) is 0 Å². The van der Waals surface area contributed by atoms with Gasteiger partial charge in [0.2, 0.25) is 5.95 Å². The second kappa shape index (κ2) is 5.60. The number of aromatic nitrogens is 2. The number of nitrogens with zero attached hydrogens (tertiary/aromatic N) is 4. The topological polar surface area (TPSA) is 64.8 Å². The molecule has 17 heavy (non-hydrogen) atoms. The van der Waals surface area contributed by atoms with Gasteiger partial charge in [-0.1, -0.05) is 0 Å². The minimum Gasteiger partial charge on any atom is -0.344 e. The molecule has 1 N–H and O–H groups in total. The molecule has 1 aliphatic rings. The maximum atomic E-state index is 8.80. The Balaban J connectivity index is 1.98. The van der Waals surface area contributed by atoms with E-state index in [2.05, 4.69) is 15.3 Å². The Morgan fingerprint density at radius 2 is 2.29 bits per heavy atom. The molecule has 1 fully saturated rings. The van der Waals surface area contributed by atoms with Crippen LogP contribution in [0.4, 0.5) is 5.95 Å². The van der Waals surface area contributed by atoms with Gasteiger partial charge in [0, 0.05) is 19.8 Å².